The third kappa shape index (κ3) is 10.3. The van der Waals surface area contributed by atoms with E-state index in [0.717, 1.165) is 103 Å². The van der Waals surface area contributed by atoms with Gasteiger partial charge in [-0.1, -0.05) is 62.3 Å². The molecule has 0 bridgehead atoms. The zero-order valence-electron chi connectivity index (χ0n) is 37.6. The van der Waals surface area contributed by atoms with Crippen molar-refractivity contribution in [2.24, 2.45) is 5.92 Å². The van der Waals surface area contributed by atoms with Crippen molar-refractivity contribution in [3.05, 3.63) is 107 Å². The van der Waals surface area contributed by atoms with Crippen LogP contribution in [0, 0.1) is 18.7 Å². The zero-order chi connectivity index (χ0) is 46.5. The number of carbonyl (C=O) groups excluding carboxylic acids is 3. The standard InChI is InChI=1S/C48H53FN10O4.CH2O2/c1-29-23-34(9-10-35(29)26-50-44(61)45-55-46(56-63-45)48(2,3)4)42-37-25-39(53-43(37)52-28-51-42)33-7-5-31(6-8-33)32-15-18-57(19-16-32)27-30-13-20-58(21-14-30)40-12-11-36(24-38(40)49)59-22-17-41(60)54-47(59)62;2-1-3/h5-12,23-25,28,30,32H,13-22,26-27H2,1-4H3,(H,50,61)(H,51,52,53)(H,54,60,62);1H,(H,2,3). The van der Waals surface area contributed by atoms with Gasteiger partial charge in [-0.25, -0.2) is 19.2 Å². The summed E-state index contributed by atoms with van der Waals surface area (Å²) in [5.74, 6) is 0.465. The first kappa shape index (κ1) is 45.6. The number of aromatic amines is 1. The minimum Gasteiger partial charge on any atom is -0.483 e. The number of likely N-dealkylation sites (tertiary alicyclic amines) is 1. The number of rotatable bonds is 10. The van der Waals surface area contributed by atoms with E-state index in [1.807, 2.05) is 39.8 Å². The maximum atomic E-state index is 15.3. The lowest BCUT2D eigenvalue weighted by Gasteiger charge is -2.38. The van der Waals surface area contributed by atoms with Crippen LogP contribution in [-0.4, -0.2) is 98.7 Å². The number of aryl methyl sites for hydroxylation is 1. The molecule has 3 aromatic heterocycles. The van der Waals surface area contributed by atoms with Crippen molar-refractivity contribution in [1.82, 2.24) is 40.6 Å². The summed E-state index contributed by atoms with van der Waals surface area (Å²) in [6.07, 6.45) is 6.04. The van der Waals surface area contributed by atoms with Gasteiger partial charge < -0.3 is 29.7 Å². The van der Waals surface area contributed by atoms with Gasteiger partial charge in [0.1, 0.15) is 17.8 Å². The van der Waals surface area contributed by atoms with Crippen LogP contribution >= 0.6 is 0 Å². The molecule has 3 aliphatic heterocycles. The summed E-state index contributed by atoms with van der Waals surface area (Å²) < 4.78 is 20.5. The topological polar surface area (TPSA) is 203 Å². The van der Waals surface area contributed by atoms with Crippen molar-refractivity contribution in [3.8, 4) is 22.5 Å². The first-order chi connectivity index (χ1) is 31.8. The van der Waals surface area contributed by atoms with Crippen LogP contribution in [0.3, 0.4) is 0 Å². The van der Waals surface area contributed by atoms with Crippen molar-refractivity contribution in [2.45, 2.75) is 77.7 Å². The molecule has 0 unspecified atom stereocenters. The van der Waals surface area contributed by atoms with Gasteiger partial charge >= 0.3 is 17.8 Å². The third-order valence-corrected chi connectivity index (χ3v) is 12.8. The third-order valence-electron chi connectivity index (χ3n) is 12.8. The second-order valence-electron chi connectivity index (χ2n) is 18.3. The lowest BCUT2D eigenvalue weighted by Crippen LogP contribution is -2.49. The lowest BCUT2D eigenvalue weighted by molar-refractivity contribution is -0.123. The molecule has 344 valence electrons. The number of benzene rings is 3. The Morgan fingerprint density at radius 1 is 0.939 bits per heavy atom. The Morgan fingerprint density at radius 2 is 1.67 bits per heavy atom. The SMILES string of the molecule is Cc1cc(-c2ncnc3[nH]c(-c4ccc(C5CCN(CC6CCN(c7ccc(N8CCC(=O)NC8=O)cc7F)CC6)CC5)cc4)cc23)ccc1CNC(=O)c1nc(C(C)(C)C)no1.O=CO. The average Bonchev–Trinajstić information content (AvgIpc) is 3.99. The summed E-state index contributed by atoms with van der Waals surface area (Å²) in [7, 11) is 0. The molecule has 3 aromatic carbocycles. The molecule has 0 radical (unpaired) electrons. The van der Waals surface area contributed by atoms with E-state index in [4.69, 9.17) is 14.4 Å². The smallest absolute Gasteiger partial charge is 0.328 e. The highest BCUT2D eigenvalue weighted by Crippen LogP contribution is 2.35. The van der Waals surface area contributed by atoms with Gasteiger partial charge in [-0.2, -0.15) is 4.98 Å². The summed E-state index contributed by atoms with van der Waals surface area (Å²) in [5.41, 5.74) is 8.70. The summed E-state index contributed by atoms with van der Waals surface area (Å²) in [5, 5.41) is 17.0. The predicted octanol–water partition coefficient (Wildman–Crippen LogP) is 7.59. The summed E-state index contributed by atoms with van der Waals surface area (Å²) in [4.78, 5) is 68.0. The fraction of sp³-hybridized carbons (Fsp3) is 0.388. The number of nitrogens with zero attached hydrogens (tertiary/aromatic N) is 7. The Morgan fingerprint density at radius 3 is 2.33 bits per heavy atom. The van der Waals surface area contributed by atoms with Crippen molar-refractivity contribution in [3.63, 3.8) is 0 Å². The van der Waals surface area contributed by atoms with Crippen molar-refractivity contribution in [2.75, 3.05) is 49.1 Å². The minimum atomic E-state index is -0.509. The van der Waals surface area contributed by atoms with E-state index in [9.17, 15) is 14.4 Å². The lowest BCUT2D eigenvalue weighted by atomic mass is 9.87. The monoisotopic (exact) mass is 898 g/mol. The maximum absolute atomic E-state index is 15.3. The van der Waals surface area contributed by atoms with Crippen molar-refractivity contribution >= 4 is 46.7 Å². The zero-order valence-corrected chi connectivity index (χ0v) is 37.6. The van der Waals surface area contributed by atoms with Crippen LogP contribution in [0.1, 0.15) is 92.0 Å². The van der Waals surface area contributed by atoms with Crippen LogP contribution in [0.5, 0.6) is 0 Å². The molecule has 66 heavy (non-hydrogen) atoms. The van der Waals surface area contributed by atoms with E-state index in [1.165, 1.54) is 16.5 Å². The summed E-state index contributed by atoms with van der Waals surface area (Å²) >= 11 is 0. The van der Waals surface area contributed by atoms with Gasteiger partial charge in [0.2, 0.25) is 5.91 Å². The number of carbonyl (C=O) groups is 4. The van der Waals surface area contributed by atoms with Gasteiger partial charge in [0.05, 0.1) is 11.4 Å². The van der Waals surface area contributed by atoms with Gasteiger partial charge in [-0.15, -0.1) is 0 Å². The number of hydrogen-bond donors (Lipinski definition) is 4. The number of carboxylic acid groups (broad SMARTS) is 1. The molecule has 0 aliphatic carbocycles. The van der Waals surface area contributed by atoms with E-state index in [0.29, 0.717) is 35.6 Å². The second-order valence-corrected chi connectivity index (χ2v) is 18.3. The Hall–Kier alpha value is -7.01. The van der Waals surface area contributed by atoms with E-state index in [-0.39, 0.29) is 42.5 Å². The molecule has 3 fully saturated rings. The van der Waals surface area contributed by atoms with E-state index in [2.05, 4.69) is 81.9 Å². The minimum absolute atomic E-state index is 0.0478. The predicted molar refractivity (Wildman–Crippen MR) is 248 cm³/mol. The number of urea groups is 1. The molecule has 0 saturated carbocycles. The molecule has 3 saturated heterocycles. The van der Waals surface area contributed by atoms with Crippen LogP contribution in [-0.2, 0) is 21.5 Å². The van der Waals surface area contributed by atoms with Gasteiger partial charge in [-0.3, -0.25) is 24.6 Å². The van der Waals surface area contributed by atoms with Gasteiger partial charge in [0, 0.05) is 66.9 Å². The molecule has 16 nitrogen and oxygen atoms in total. The van der Waals surface area contributed by atoms with Gasteiger partial charge in [0.15, 0.2) is 5.82 Å². The van der Waals surface area contributed by atoms with Crippen LogP contribution in [0.4, 0.5) is 20.6 Å². The summed E-state index contributed by atoms with van der Waals surface area (Å²) in [6, 6.07) is 21.6. The number of amides is 4. The van der Waals surface area contributed by atoms with Gasteiger partial charge in [-0.05, 0) is 110 Å². The molecule has 6 aromatic rings. The molecular weight excluding hydrogens is 844 g/mol. The van der Waals surface area contributed by atoms with Crippen LogP contribution < -0.4 is 20.4 Å². The number of hydrogen-bond acceptors (Lipinski definition) is 11. The molecule has 0 spiro atoms. The number of nitrogens with one attached hydrogen (secondary N) is 3. The first-order valence-electron chi connectivity index (χ1n) is 22.4. The second kappa shape index (κ2) is 19.6. The van der Waals surface area contributed by atoms with Crippen LogP contribution in [0.25, 0.3) is 33.5 Å². The quantitative estimate of drug-likeness (QED) is 0.0983. The number of piperidine rings is 2. The number of fused-ring (bicyclic) bond motifs is 1. The highest BCUT2D eigenvalue weighted by Gasteiger charge is 2.29. The molecule has 9 rings (SSSR count). The van der Waals surface area contributed by atoms with Gasteiger partial charge in [0.25, 0.3) is 6.47 Å². The van der Waals surface area contributed by atoms with Crippen molar-refractivity contribution < 1.29 is 33.2 Å². The Labute approximate surface area is 382 Å². The van der Waals surface area contributed by atoms with E-state index < -0.39 is 11.9 Å². The normalized spacial score (nSPS) is 16.5. The summed E-state index contributed by atoms with van der Waals surface area (Å²) in [6.45, 7) is 13.0. The Bertz CT molecular complexity index is 2710. The molecule has 4 amide bonds. The largest absolute Gasteiger partial charge is 0.483 e. The van der Waals surface area contributed by atoms with Crippen LogP contribution in [0.2, 0.25) is 0 Å². The number of anilines is 2. The molecule has 17 heteroatoms. The van der Waals surface area contributed by atoms with E-state index >= 15 is 4.39 Å². The first-order valence-corrected chi connectivity index (χ1v) is 22.4. The fourth-order valence-electron chi connectivity index (χ4n) is 9.07. The fourth-order valence-corrected chi connectivity index (χ4v) is 9.07. The number of aromatic nitrogens is 5. The number of halogens is 1. The highest BCUT2D eigenvalue weighted by molar-refractivity contribution is 6.05. The highest BCUT2D eigenvalue weighted by atomic mass is 19.1. The number of imide groups is 1. The van der Waals surface area contributed by atoms with Crippen molar-refractivity contribution in [1.29, 1.82) is 0 Å². The Balaban J connectivity index is 0.00000192. The van der Waals surface area contributed by atoms with Crippen LogP contribution in [0.15, 0.2) is 77.6 Å². The average molecular weight is 899 g/mol. The Kier molecular flexibility index (Phi) is 13.5. The molecule has 3 aliphatic rings. The number of H-pyrrole nitrogens is 1. The molecule has 4 N–H and O–H groups in total. The molecule has 0 atom stereocenters. The molecule has 6 heterocycles. The van der Waals surface area contributed by atoms with E-state index in [1.54, 1.807) is 18.5 Å². The maximum Gasteiger partial charge on any atom is 0.328 e. The molecular formula is C49H55FN10O6.